The number of benzene rings is 1. The molecule has 0 aliphatic heterocycles. The Bertz CT molecular complexity index is 1100. The van der Waals surface area contributed by atoms with Crippen LogP contribution in [0.3, 0.4) is 0 Å². The highest BCUT2D eigenvalue weighted by Gasteiger charge is 2.22. The molecule has 2 heterocycles. The fourth-order valence-electron chi connectivity index (χ4n) is 3.19. The van der Waals surface area contributed by atoms with E-state index >= 15 is 0 Å². The summed E-state index contributed by atoms with van der Waals surface area (Å²) in [5.41, 5.74) is 2.33. The smallest absolute Gasteiger partial charge is 0.326 e. The molecule has 3 rings (SSSR count). The minimum atomic E-state index is -0.731. The van der Waals surface area contributed by atoms with Crippen LogP contribution >= 0.6 is 11.6 Å². The molecule has 1 aromatic carbocycles. The number of fused-ring (bicyclic) bond motifs is 1. The van der Waals surface area contributed by atoms with Gasteiger partial charge in [-0.2, -0.15) is 0 Å². The summed E-state index contributed by atoms with van der Waals surface area (Å²) in [7, 11) is 0. The van der Waals surface area contributed by atoms with Gasteiger partial charge in [-0.25, -0.2) is 9.97 Å². The Morgan fingerprint density at radius 2 is 1.87 bits per heavy atom. The van der Waals surface area contributed by atoms with Crippen LogP contribution in [0.1, 0.15) is 49.6 Å². The van der Waals surface area contributed by atoms with Gasteiger partial charge >= 0.3 is 11.3 Å². The van der Waals surface area contributed by atoms with E-state index in [0.717, 1.165) is 17.0 Å². The molecular formula is C22H26ClN3O5. The van der Waals surface area contributed by atoms with Crippen LogP contribution < -0.4 is 0 Å². The van der Waals surface area contributed by atoms with Gasteiger partial charge in [0.15, 0.2) is 17.4 Å². The summed E-state index contributed by atoms with van der Waals surface area (Å²) in [6.07, 6.45) is 1.25. The van der Waals surface area contributed by atoms with E-state index in [2.05, 4.69) is 9.97 Å². The second kappa shape index (κ2) is 9.09. The first-order valence-corrected chi connectivity index (χ1v) is 10.4. The summed E-state index contributed by atoms with van der Waals surface area (Å²) in [5.74, 6) is 1.50. The predicted octanol–water partition coefficient (Wildman–Crippen LogP) is 4.72. The van der Waals surface area contributed by atoms with Gasteiger partial charge in [-0.3, -0.25) is 9.59 Å². The van der Waals surface area contributed by atoms with Gasteiger partial charge in [-0.15, -0.1) is 0 Å². The van der Waals surface area contributed by atoms with Gasteiger partial charge in [-0.05, 0) is 57.0 Å². The van der Waals surface area contributed by atoms with E-state index in [9.17, 15) is 9.59 Å². The highest BCUT2D eigenvalue weighted by atomic mass is 35.5. The zero-order valence-electron chi connectivity index (χ0n) is 18.3. The Balaban J connectivity index is 1.68. The summed E-state index contributed by atoms with van der Waals surface area (Å²) < 4.78 is 16.5. The Labute approximate surface area is 185 Å². The molecule has 2 aromatic heterocycles. The fourth-order valence-corrected chi connectivity index (χ4v) is 3.31. The third-order valence-corrected chi connectivity index (χ3v) is 4.67. The van der Waals surface area contributed by atoms with E-state index in [4.69, 9.17) is 25.2 Å². The van der Waals surface area contributed by atoms with E-state index < -0.39 is 16.9 Å². The summed E-state index contributed by atoms with van der Waals surface area (Å²) in [5, 5.41) is -0.731. The van der Waals surface area contributed by atoms with E-state index in [1.807, 2.05) is 26.0 Å². The van der Waals surface area contributed by atoms with E-state index in [1.165, 1.54) is 4.90 Å². The second-order valence-corrected chi connectivity index (χ2v) is 8.66. The van der Waals surface area contributed by atoms with Crippen LogP contribution in [0.4, 0.5) is 4.79 Å². The van der Waals surface area contributed by atoms with Gasteiger partial charge in [-0.1, -0.05) is 6.07 Å². The first kappa shape index (κ1) is 22.8. The molecule has 166 valence electrons. The van der Waals surface area contributed by atoms with Crippen molar-refractivity contribution in [2.45, 2.75) is 59.6 Å². The van der Waals surface area contributed by atoms with Gasteiger partial charge in [0.05, 0.1) is 5.69 Å². The zero-order chi connectivity index (χ0) is 22.8. The Morgan fingerprint density at radius 3 is 2.48 bits per heavy atom. The molecule has 9 heteroatoms. The number of oxazole rings is 2. The van der Waals surface area contributed by atoms with Crippen molar-refractivity contribution < 1.29 is 23.2 Å². The lowest BCUT2D eigenvalue weighted by Crippen LogP contribution is -2.36. The van der Waals surface area contributed by atoms with E-state index in [0.29, 0.717) is 35.7 Å². The minimum absolute atomic E-state index is 0.150. The number of ether oxygens (including phenoxy) is 1. The third kappa shape index (κ3) is 6.30. The van der Waals surface area contributed by atoms with Crippen LogP contribution in [0.2, 0.25) is 0 Å². The molecule has 0 bridgehead atoms. The predicted molar refractivity (Wildman–Crippen MR) is 115 cm³/mol. The lowest BCUT2D eigenvalue weighted by molar-refractivity contribution is -0.155. The molecule has 0 fully saturated rings. The number of nitrogens with zero attached hydrogens (tertiary/aromatic N) is 3. The number of carbonyl (C=O) groups is 2. The fraction of sp³-hybridized carbons (Fsp3) is 0.455. The summed E-state index contributed by atoms with van der Waals surface area (Å²) in [4.78, 5) is 34.0. The quantitative estimate of drug-likeness (QED) is 0.293. The molecule has 0 aliphatic rings. The van der Waals surface area contributed by atoms with Crippen molar-refractivity contribution in [2.75, 3.05) is 6.54 Å². The average molecular weight is 448 g/mol. The molecular weight excluding hydrogens is 422 g/mol. The number of carbonyl (C=O) groups excluding carboxylic acids is 2. The standard InChI is InChI=1S/C22H26ClN3O5/c1-13-16(24-14(2)29-13)7-9-19-25-17-10-15(6-8-18(17)30-19)11-26(21(23)28)12-20(27)31-22(3,4)5/h6,8,10H,7,9,11-12H2,1-5H3. The molecule has 0 saturated carbocycles. The maximum atomic E-state index is 12.1. The number of esters is 1. The van der Waals surface area contributed by atoms with Crippen molar-refractivity contribution in [1.82, 2.24) is 14.9 Å². The molecule has 0 saturated heterocycles. The van der Waals surface area contributed by atoms with Crippen molar-refractivity contribution in [3.8, 4) is 0 Å². The number of aromatic nitrogens is 2. The maximum absolute atomic E-state index is 12.1. The molecule has 3 aromatic rings. The van der Waals surface area contributed by atoms with Crippen molar-refractivity contribution in [2.24, 2.45) is 0 Å². The van der Waals surface area contributed by atoms with Crippen molar-refractivity contribution in [3.63, 3.8) is 0 Å². The maximum Gasteiger partial charge on any atom is 0.326 e. The van der Waals surface area contributed by atoms with E-state index in [1.54, 1.807) is 26.8 Å². The topological polar surface area (TPSA) is 98.7 Å². The number of rotatable bonds is 7. The van der Waals surface area contributed by atoms with E-state index in [-0.39, 0.29) is 13.1 Å². The highest BCUT2D eigenvalue weighted by Crippen LogP contribution is 2.21. The van der Waals surface area contributed by atoms with Crippen LogP contribution in [0.5, 0.6) is 0 Å². The molecule has 0 atom stereocenters. The Hall–Kier alpha value is -2.87. The molecule has 0 N–H and O–H groups in total. The number of halogens is 1. The summed E-state index contributed by atoms with van der Waals surface area (Å²) in [6, 6.07) is 5.41. The monoisotopic (exact) mass is 447 g/mol. The van der Waals surface area contributed by atoms with Crippen molar-refractivity contribution in [3.05, 3.63) is 47.0 Å². The minimum Gasteiger partial charge on any atom is -0.459 e. The Kier molecular flexibility index (Phi) is 6.69. The molecule has 0 aliphatic carbocycles. The number of amides is 1. The number of hydrogen-bond acceptors (Lipinski definition) is 7. The van der Waals surface area contributed by atoms with Crippen LogP contribution in [-0.4, -0.2) is 38.3 Å². The summed E-state index contributed by atoms with van der Waals surface area (Å²) >= 11 is 5.68. The van der Waals surface area contributed by atoms with Gasteiger partial charge in [0.2, 0.25) is 0 Å². The second-order valence-electron chi connectivity index (χ2n) is 8.34. The SMILES string of the molecule is Cc1nc(CCc2nc3cc(CN(CC(=O)OC(C)(C)C)C(=O)Cl)ccc3o2)c(C)o1. The molecule has 0 unspecified atom stereocenters. The lowest BCUT2D eigenvalue weighted by Gasteiger charge is -2.23. The average Bonchev–Trinajstić information content (AvgIpc) is 3.19. The Morgan fingerprint density at radius 1 is 1.13 bits per heavy atom. The molecule has 1 amide bonds. The molecule has 0 spiro atoms. The highest BCUT2D eigenvalue weighted by molar-refractivity contribution is 6.62. The van der Waals surface area contributed by atoms with Crippen molar-refractivity contribution in [1.29, 1.82) is 0 Å². The van der Waals surface area contributed by atoms with Crippen LogP contribution in [0.25, 0.3) is 11.1 Å². The lowest BCUT2D eigenvalue weighted by atomic mass is 10.2. The van der Waals surface area contributed by atoms with Gasteiger partial charge in [0.25, 0.3) is 0 Å². The molecule has 0 radical (unpaired) electrons. The largest absolute Gasteiger partial charge is 0.459 e. The first-order valence-electron chi connectivity index (χ1n) is 9.97. The van der Waals surface area contributed by atoms with Crippen molar-refractivity contribution >= 4 is 34.0 Å². The number of hydrogen-bond donors (Lipinski definition) is 0. The molecule has 8 nitrogen and oxygen atoms in total. The normalized spacial score (nSPS) is 11.7. The van der Waals surface area contributed by atoms with Gasteiger partial charge < -0.3 is 18.5 Å². The van der Waals surface area contributed by atoms with Crippen LogP contribution in [-0.2, 0) is 28.9 Å². The molecule has 31 heavy (non-hydrogen) atoms. The number of aryl methyl sites for hydroxylation is 4. The van der Waals surface area contributed by atoms with Crippen LogP contribution in [0.15, 0.2) is 27.0 Å². The third-order valence-electron chi connectivity index (χ3n) is 4.43. The van der Waals surface area contributed by atoms with Gasteiger partial charge in [0, 0.05) is 26.3 Å². The summed E-state index contributed by atoms with van der Waals surface area (Å²) in [6.45, 7) is 8.90. The van der Waals surface area contributed by atoms with Crippen LogP contribution in [0, 0.1) is 13.8 Å². The zero-order valence-corrected chi connectivity index (χ0v) is 19.1. The van der Waals surface area contributed by atoms with Gasteiger partial charge in [0.1, 0.15) is 23.4 Å². The first-order chi connectivity index (χ1) is 14.5.